The van der Waals surface area contributed by atoms with Gasteiger partial charge in [0.05, 0.1) is 0 Å². The van der Waals surface area contributed by atoms with E-state index in [1.165, 1.54) is 96.3 Å². The van der Waals surface area contributed by atoms with Crippen LogP contribution in [0.3, 0.4) is 0 Å². The van der Waals surface area contributed by atoms with Crippen LogP contribution in [0.1, 0.15) is 123 Å². The van der Waals surface area contributed by atoms with E-state index in [4.69, 9.17) is 19.0 Å². The summed E-state index contributed by atoms with van der Waals surface area (Å²) in [6, 6.07) is 0.0912. The molecule has 0 radical (unpaired) electrons. The highest BCUT2D eigenvalue weighted by atomic mass is 28.4. The average Bonchev–Trinajstić information content (AvgIpc) is 2.74. The standard InChI is InChI=1S/C24H53NO3Si/c1-6-8-9-10-11-12-13-14-15-16-17-18-19-20-21-22-23(25)24(7-2)29(26-3,27-4)28-5/h23-24H,6-22,25H2,1-5H3. The highest BCUT2D eigenvalue weighted by molar-refractivity contribution is 6.62. The fraction of sp³-hybridized carbons (Fsp3) is 1.00. The molecule has 5 heteroatoms. The predicted octanol–water partition coefficient (Wildman–Crippen LogP) is 7.23. The van der Waals surface area contributed by atoms with Gasteiger partial charge in [-0.05, 0) is 12.8 Å². The third-order valence-electron chi connectivity index (χ3n) is 6.41. The minimum Gasteiger partial charge on any atom is -0.377 e. The third-order valence-corrected chi connectivity index (χ3v) is 9.86. The number of rotatable bonds is 22. The number of nitrogens with two attached hydrogens (primary N) is 1. The van der Waals surface area contributed by atoms with E-state index in [1.54, 1.807) is 21.3 Å². The minimum absolute atomic E-state index is 0.0912. The first-order valence-electron chi connectivity index (χ1n) is 12.5. The molecule has 4 nitrogen and oxygen atoms in total. The van der Waals surface area contributed by atoms with Gasteiger partial charge in [0.25, 0.3) is 0 Å². The first-order valence-corrected chi connectivity index (χ1v) is 14.3. The Hall–Kier alpha value is 0.0569. The Bertz CT molecular complexity index is 332. The van der Waals surface area contributed by atoms with E-state index in [0.717, 1.165) is 12.8 Å². The lowest BCUT2D eigenvalue weighted by Gasteiger charge is -2.35. The molecule has 0 rings (SSSR count). The average molecular weight is 432 g/mol. The molecular formula is C24H53NO3Si. The molecule has 29 heavy (non-hydrogen) atoms. The molecule has 0 aromatic carbocycles. The van der Waals surface area contributed by atoms with E-state index in [1.807, 2.05) is 0 Å². The molecule has 2 atom stereocenters. The van der Waals surface area contributed by atoms with Crippen molar-refractivity contribution in [3.05, 3.63) is 0 Å². The lowest BCUT2D eigenvalue weighted by Crippen LogP contribution is -2.53. The Morgan fingerprint density at radius 3 is 1.24 bits per heavy atom. The molecule has 0 amide bonds. The van der Waals surface area contributed by atoms with Crippen LogP contribution >= 0.6 is 0 Å². The Morgan fingerprint density at radius 2 is 0.931 bits per heavy atom. The minimum atomic E-state index is -2.64. The van der Waals surface area contributed by atoms with Gasteiger partial charge in [0.1, 0.15) is 0 Å². The number of unbranched alkanes of at least 4 members (excludes halogenated alkanes) is 14. The van der Waals surface area contributed by atoms with E-state index in [2.05, 4.69) is 13.8 Å². The maximum atomic E-state index is 6.49. The van der Waals surface area contributed by atoms with Gasteiger partial charge in [0, 0.05) is 32.9 Å². The van der Waals surface area contributed by atoms with Gasteiger partial charge in [0.2, 0.25) is 0 Å². The van der Waals surface area contributed by atoms with Crippen LogP contribution in [-0.2, 0) is 13.3 Å². The first kappa shape index (κ1) is 29.1. The van der Waals surface area contributed by atoms with Crippen LogP contribution in [0, 0.1) is 0 Å². The highest BCUT2D eigenvalue weighted by Gasteiger charge is 2.48. The number of hydrogen-bond donors (Lipinski definition) is 1. The van der Waals surface area contributed by atoms with Crippen LogP contribution in [0.25, 0.3) is 0 Å². The van der Waals surface area contributed by atoms with Crippen LogP contribution in [-0.4, -0.2) is 36.2 Å². The van der Waals surface area contributed by atoms with Gasteiger partial charge in [0.15, 0.2) is 0 Å². The summed E-state index contributed by atoms with van der Waals surface area (Å²) in [5.74, 6) is 0. The smallest absolute Gasteiger partial charge is 0.377 e. The molecule has 176 valence electrons. The molecule has 2 unspecified atom stereocenters. The SMILES string of the molecule is CCCCCCCCCCCCCCCCCC(N)C(CC)[Si](OC)(OC)OC. The van der Waals surface area contributed by atoms with E-state index in [9.17, 15) is 0 Å². The molecule has 0 heterocycles. The topological polar surface area (TPSA) is 53.7 Å². The fourth-order valence-corrected chi connectivity index (χ4v) is 7.07. The summed E-state index contributed by atoms with van der Waals surface area (Å²) in [6.45, 7) is 4.44. The summed E-state index contributed by atoms with van der Waals surface area (Å²) < 4.78 is 17.0. The van der Waals surface area contributed by atoms with Gasteiger partial charge >= 0.3 is 8.80 Å². The zero-order valence-corrected chi connectivity index (χ0v) is 21.5. The van der Waals surface area contributed by atoms with E-state index in [-0.39, 0.29) is 11.6 Å². The summed E-state index contributed by atoms with van der Waals surface area (Å²) in [4.78, 5) is 0. The normalized spacial score (nSPS) is 14.3. The summed E-state index contributed by atoms with van der Waals surface area (Å²) >= 11 is 0. The predicted molar refractivity (Wildman–Crippen MR) is 128 cm³/mol. The van der Waals surface area contributed by atoms with Gasteiger partial charge in [-0.3, -0.25) is 0 Å². The largest absolute Gasteiger partial charge is 0.505 e. The van der Waals surface area contributed by atoms with E-state index in [0.29, 0.717) is 0 Å². The summed E-state index contributed by atoms with van der Waals surface area (Å²) in [7, 11) is 2.40. The molecule has 0 bridgehead atoms. The second kappa shape index (κ2) is 20.0. The zero-order chi connectivity index (χ0) is 21.8. The van der Waals surface area contributed by atoms with Crippen LogP contribution in [0.4, 0.5) is 0 Å². The van der Waals surface area contributed by atoms with Gasteiger partial charge < -0.3 is 19.0 Å². The summed E-state index contributed by atoms with van der Waals surface area (Å²) in [5.41, 5.74) is 6.67. The van der Waals surface area contributed by atoms with Crippen molar-refractivity contribution in [2.24, 2.45) is 5.73 Å². The van der Waals surface area contributed by atoms with Crippen LogP contribution in [0.5, 0.6) is 0 Å². The van der Waals surface area contributed by atoms with Crippen LogP contribution < -0.4 is 5.73 Å². The summed E-state index contributed by atoms with van der Waals surface area (Å²) in [6.07, 6.45) is 22.8. The van der Waals surface area contributed by atoms with Gasteiger partial charge in [-0.15, -0.1) is 0 Å². The Morgan fingerprint density at radius 1 is 0.586 bits per heavy atom. The maximum absolute atomic E-state index is 6.49. The molecular weight excluding hydrogens is 378 g/mol. The molecule has 0 aliphatic heterocycles. The Balaban J connectivity index is 3.62. The van der Waals surface area contributed by atoms with Crippen LogP contribution in [0.2, 0.25) is 5.54 Å². The summed E-state index contributed by atoms with van der Waals surface area (Å²) in [5, 5.41) is 0. The van der Waals surface area contributed by atoms with Crippen molar-refractivity contribution in [2.45, 2.75) is 135 Å². The van der Waals surface area contributed by atoms with Crippen molar-refractivity contribution >= 4 is 8.80 Å². The second-order valence-corrected chi connectivity index (χ2v) is 11.8. The third kappa shape index (κ3) is 13.2. The van der Waals surface area contributed by atoms with Crippen molar-refractivity contribution in [2.75, 3.05) is 21.3 Å². The monoisotopic (exact) mass is 431 g/mol. The first-order chi connectivity index (χ1) is 14.1. The molecule has 0 aromatic heterocycles. The second-order valence-electron chi connectivity index (χ2n) is 8.63. The lowest BCUT2D eigenvalue weighted by atomic mass is 10.0. The molecule has 0 spiro atoms. The van der Waals surface area contributed by atoms with Crippen molar-refractivity contribution in [3.8, 4) is 0 Å². The fourth-order valence-electron chi connectivity index (χ4n) is 4.47. The highest BCUT2D eigenvalue weighted by Crippen LogP contribution is 2.32. The van der Waals surface area contributed by atoms with E-state index >= 15 is 0 Å². The van der Waals surface area contributed by atoms with Crippen molar-refractivity contribution < 1.29 is 13.3 Å². The molecule has 0 saturated carbocycles. The van der Waals surface area contributed by atoms with Gasteiger partial charge in [-0.25, -0.2) is 0 Å². The van der Waals surface area contributed by atoms with Crippen molar-refractivity contribution in [1.29, 1.82) is 0 Å². The number of hydrogen-bond acceptors (Lipinski definition) is 4. The van der Waals surface area contributed by atoms with Gasteiger partial charge in [-0.2, -0.15) is 0 Å². The molecule has 2 N–H and O–H groups in total. The maximum Gasteiger partial charge on any atom is 0.505 e. The van der Waals surface area contributed by atoms with E-state index < -0.39 is 8.80 Å². The quantitative estimate of drug-likeness (QED) is 0.145. The Labute approximate surface area is 184 Å². The molecule has 0 aliphatic rings. The molecule has 0 saturated heterocycles. The van der Waals surface area contributed by atoms with Crippen molar-refractivity contribution in [3.63, 3.8) is 0 Å². The molecule has 0 fully saturated rings. The van der Waals surface area contributed by atoms with Crippen molar-refractivity contribution in [1.82, 2.24) is 0 Å². The van der Waals surface area contributed by atoms with Crippen LogP contribution in [0.15, 0.2) is 0 Å². The van der Waals surface area contributed by atoms with Gasteiger partial charge in [-0.1, -0.05) is 110 Å². The molecule has 0 aliphatic carbocycles. The Kier molecular flexibility index (Phi) is 20.0. The lowest BCUT2D eigenvalue weighted by molar-refractivity contribution is 0.105. The zero-order valence-electron chi connectivity index (χ0n) is 20.5. The molecule has 0 aromatic rings.